The molecule has 21 heavy (non-hydrogen) atoms. The number of aryl methyl sites for hydroxylation is 3. The zero-order chi connectivity index (χ0) is 15.0. The first-order chi connectivity index (χ1) is 10.1. The Morgan fingerprint density at radius 2 is 2.00 bits per heavy atom. The van der Waals surface area contributed by atoms with Gasteiger partial charge in [0.05, 0.1) is 11.4 Å². The van der Waals surface area contributed by atoms with E-state index in [9.17, 15) is 0 Å². The van der Waals surface area contributed by atoms with Crippen LogP contribution in [0.2, 0.25) is 0 Å². The second-order valence-electron chi connectivity index (χ2n) is 5.60. The average Bonchev–Trinajstić information content (AvgIpc) is 2.92. The van der Waals surface area contributed by atoms with E-state index in [1.54, 1.807) is 11.3 Å². The van der Waals surface area contributed by atoms with E-state index >= 15 is 0 Å². The van der Waals surface area contributed by atoms with Gasteiger partial charge in [-0.05, 0) is 38.8 Å². The molecule has 3 rings (SSSR count). The number of aromatic nitrogens is 2. The highest BCUT2D eigenvalue weighted by Crippen LogP contribution is 2.22. The fourth-order valence-electron chi connectivity index (χ4n) is 2.75. The van der Waals surface area contributed by atoms with Crippen molar-refractivity contribution in [3.63, 3.8) is 0 Å². The van der Waals surface area contributed by atoms with Crippen LogP contribution in [-0.4, -0.2) is 9.38 Å². The topological polar surface area (TPSA) is 29.3 Å². The summed E-state index contributed by atoms with van der Waals surface area (Å²) in [5.74, 6) is 0. The van der Waals surface area contributed by atoms with Crippen molar-refractivity contribution in [3.05, 3.63) is 57.9 Å². The largest absolute Gasteiger partial charge is 0.305 e. The smallest absolute Gasteiger partial charge is 0.194 e. The standard InChI is InChI=1S/C17H21N3S/c1-11-7-5-6-8-15(11)13(3)18-9-16-14(4)19-17-20(16)10-12(2)21-17/h5-8,10,13,18H,9H2,1-4H3/t13-/m1/s1. The number of hydrogen-bond acceptors (Lipinski definition) is 3. The number of imidazole rings is 1. The van der Waals surface area contributed by atoms with Crippen LogP contribution in [0.1, 0.15) is 40.4 Å². The Hall–Kier alpha value is -1.65. The highest BCUT2D eigenvalue weighted by atomic mass is 32.1. The van der Waals surface area contributed by atoms with Gasteiger partial charge < -0.3 is 5.32 Å². The summed E-state index contributed by atoms with van der Waals surface area (Å²) in [7, 11) is 0. The summed E-state index contributed by atoms with van der Waals surface area (Å²) in [5.41, 5.74) is 5.07. The molecule has 0 spiro atoms. The van der Waals surface area contributed by atoms with Crippen LogP contribution < -0.4 is 5.32 Å². The van der Waals surface area contributed by atoms with E-state index in [-0.39, 0.29) is 0 Å². The summed E-state index contributed by atoms with van der Waals surface area (Å²) in [6.07, 6.45) is 2.18. The molecule has 2 aromatic heterocycles. The Morgan fingerprint density at radius 1 is 1.24 bits per heavy atom. The van der Waals surface area contributed by atoms with E-state index in [1.165, 1.54) is 21.7 Å². The SMILES string of the molecule is Cc1cn2c(CN[C@H](C)c3ccccc3C)c(C)nc2s1. The average molecular weight is 299 g/mol. The van der Waals surface area contributed by atoms with E-state index in [0.29, 0.717) is 6.04 Å². The van der Waals surface area contributed by atoms with Crippen molar-refractivity contribution < 1.29 is 0 Å². The van der Waals surface area contributed by atoms with E-state index in [2.05, 4.69) is 72.9 Å². The molecular formula is C17H21N3S. The van der Waals surface area contributed by atoms with Gasteiger partial charge in [0.25, 0.3) is 0 Å². The number of nitrogens with one attached hydrogen (secondary N) is 1. The number of fused-ring (bicyclic) bond motifs is 1. The normalized spacial score (nSPS) is 13.0. The lowest BCUT2D eigenvalue weighted by Gasteiger charge is -2.16. The van der Waals surface area contributed by atoms with E-state index in [1.807, 2.05) is 0 Å². The molecule has 0 fully saturated rings. The fourth-order valence-corrected chi connectivity index (χ4v) is 3.64. The summed E-state index contributed by atoms with van der Waals surface area (Å²) in [6, 6.07) is 8.88. The zero-order valence-electron chi connectivity index (χ0n) is 13.0. The lowest BCUT2D eigenvalue weighted by Crippen LogP contribution is -2.20. The second-order valence-corrected chi connectivity index (χ2v) is 6.81. The van der Waals surface area contributed by atoms with Crippen molar-refractivity contribution in [2.75, 3.05) is 0 Å². The van der Waals surface area contributed by atoms with Crippen molar-refractivity contribution in [3.8, 4) is 0 Å². The van der Waals surface area contributed by atoms with Gasteiger partial charge in [0, 0.05) is 23.7 Å². The molecule has 1 atom stereocenters. The molecular weight excluding hydrogens is 278 g/mol. The van der Waals surface area contributed by atoms with Crippen LogP contribution in [0.4, 0.5) is 0 Å². The minimum atomic E-state index is 0.330. The molecule has 0 amide bonds. The summed E-state index contributed by atoms with van der Waals surface area (Å²) in [6.45, 7) is 9.43. The predicted molar refractivity (Wildman–Crippen MR) is 89.0 cm³/mol. The molecule has 4 heteroatoms. The monoisotopic (exact) mass is 299 g/mol. The van der Waals surface area contributed by atoms with Crippen LogP contribution in [0.25, 0.3) is 4.96 Å². The molecule has 3 nitrogen and oxygen atoms in total. The van der Waals surface area contributed by atoms with E-state index in [4.69, 9.17) is 0 Å². The first kappa shape index (κ1) is 14.3. The van der Waals surface area contributed by atoms with Crippen molar-refractivity contribution in [1.29, 1.82) is 0 Å². The highest BCUT2D eigenvalue weighted by molar-refractivity contribution is 7.17. The van der Waals surface area contributed by atoms with Gasteiger partial charge >= 0.3 is 0 Å². The fraction of sp³-hybridized carbons (Fsp3) is 0.353. The maximum atomic E-state index is 4.64. The molecule has 0 unspecified atom stereocenters. The van der Waals surface area contributed by atoms with Gasteiger partial charge in [-0.2, -0.15) is 0 Å². The van der Waals surface area contributed by atoms with Gasteiger partial charge in [-0.15, -0.1) is 11.3 Å². The molecule has 0 saturated heterocycles. The summed E-state index contributed by atoms with van der Waals surface area (Å²) in [4.78, 5) is 7.03. The lowest BCUT2D eigenvalue weighted by molar-refractivity contribution is 0.562. The van der Waals surface area contributed by atoms with Crippen LogP contribution in [0, 0.1) is 20.8 Å². The van der Waals surface area contributed by atoms with Gasteiger partial charge in [-0.25, -0.2) is 4.98 Å². The molecule has 1 N–H and O–H groups in total. The minimum Gasteiger partial charge on any atom is -0.305 e. The Balaban J connectivity index is 1.80. The van der Waals surface area contributed by atoms with Gasteiger partial charge in [0.1, 0.15) is 0 Å². The molecule has 0 aliphatic carbocycles. The molecule has 0 aliphatic rings. The lowest BCUT2D eigenvalue weighted by atomic mass is 10.0. The number of hydrogen-bond donors (Lipinski definition) is 1. The first-order valence-electron chi connectivity index (χ1n) is 7.29. The molecule has 3 aromatic rings. The Bertz CT molecular complexity index is 770. The van der Waals surface area contributed by atoms with Gasteiger partial charge in [0.15, 0.2) is 4.96 Å². The van der Waals surface area contributed by atoms with Crippen LogP contribution in [0.15, 0.2) is 30.5 Å². The summed E-state index contributed by atoms with van der Waals surface area (Å²) >= 11 is 1.74. The first-order valence-corrected chi connectivity index (χ1v) is 8.11. The Labute approximate surface area is 129 Å². The van der Waals surface area contributed by atoms with Crippen LogP contribution in [0.3, 0.4) is 0 Å². The maximum absolute atomic E-state index is 4.64. The molecule has 0 saturated carbocycles. The van der Waals surface area contributed by atoms with Gasteiger partial charge in [0.2, 0.25) is 0 Å². The van der Waals surface area contributed by atoms with Crippen molar-refractivity contribution in [2.45, 2.75) is 40.3 Å². The third kappa shape index (κ3) is 2.74. The van der Waals surface area contributed by atoms with Crippen molar-refractivity contribution in [2.24, 2.45) is 0 Å². The highest BCUT2D eigenvalue weighted by Gasteiger charge is 2.13. The second kappa shape index (κ2) is 5.62. The predicted octanol–water partition coefficient (Wildman–Crippen LogP) is 4.17. The summed E-state index contributed by atoms with van der Waals surface area (Å²) in [5, 5.41) is 3.63. The molecule has 0 bridgehead atoms. The molecule has 2 heterocycles. The minimum absolute atomic E-state index is 0.330. The quantitative estimate of drug-likeness (QED) is 0.783. The van der Waals surface area contributed by atoms with Crippen LogP contribution >= 0.6 is 11.3 Å². The van der Waals surface area contributed by atoms with Gasteiger partial charge in [-0.1, -0.05) is 24.3 Å². The summed E-state index contributed by atoms with van der Waals surface area (Å²) < 4.78 is 2.22. The third-order valence-electron chi connectivity index (χ3n) is 3.97. The number of nitrogens with zero attached hydrogens (tertiary/aromatic N) is 2. The molecule has 1 aromatic carbocycles. The van der Waals surface area contributed by atoms with Gasteiger partial charge in [-0.3, -0.25) is 4.40 Å². The molecule has 0 aliphatic heterocycles. The Kier molecular flexibility index (Phi) is 3.83. The van der Waals surface area contributed by atoms with E-state index < -0.39 is 0 Å². The molecule has 0 radical (unpaired) electrons. The number of thiazole rings is 1. The van der Waals surface area contributed by atoms with Crippen LogP contribution in [-0.2, 0) is 6.54 Å². The number of benzene rings is 1. The zero-order valence-corrected chi connectivity index (χ0v) is 13.8. The van der Waals surface area contributed by atoms with E-state index in [0.717, 1.165) is 17.2 Å². The van der Waals surface area contributed by atoms with Crippen molar-refractivity contribution in [1.82, 2.24) is 14.7 Å². The number of rotatable bonds is 4. The van der Waals surface area contributed by atoms with Crippen molar-refractivity contribution >= 4 is 16.3 Å². The molecule has 110 valence electrons. The maximum Gasteiger partial charge on any atom is 0.194 e. The third-order valence-corrected chi connectivity index (χ3v) is 4.87. The van der Waals surface area contributed by atoms with Crippen LogP contribution in [0.5, 0.6) is 0 Å². The Morgan fingerprint density at radius 3 is 2.76 bits per heavy atom.